The molecule has 38 heavy (non-hydrogen) atoms. The maximum atomic E-state index is 12.5. The van der Waals surface area contributed by atoms with Crippen LogP contribution >= 0.6 is 0 Å². The highest BCUT2D eigenvalue weighted by atomic mass is 16.6. The maximum absolute atomic E-state index is 12.5. The van der Waals surface area contributed by atoms with E-state index in [0.717, 1.165) is 32.1 Å². The van der Waals surface area contributed by atoms with E-state index in [4.69, 9.17) is 14.2 Å². The normalized spacial score (nSPS) is 41.2. The first kappa shape index (κ1) is 29.4. The monoisotopic (exact) mass is 532 g/mol. The Morgan fingerprint density at radius 1 is 0.921 bits per heavy atom. The molecule has 0 aliphatic heterocycles. The van der Waals surface area contributed by atoms with Crippen LogP contribution in [0, 0.1) is 52.3 Å². The van der Waals surface area contributed by atoms with Gasteiger partial charge in [0.05, 0.1) is 13.0 Å². The number of hydrogen-bond acceptors (Lipinski definition) is 6. The highest BCUT2D eigenvalue weighted by molar-refractivity contribution is 5.72. The van der Waals surface area contributed by atoms with Crippen LogP contribution in [0.15, 0.2) is 0 Å². The second-order valence-electron chi connectivity index (χ2n) is 14.7. The van der Waals surface area contributed by atoms with Gasteiger partial charge in [-0.15, -0.1) is 0 Å². The molecule has 4 rings (SSSR count). The van der Waals surface area contributed by atoms with Gasteiger partial charge in [0.1, 0.15) is 11.7 Å². The molecule has 10 unspecified atom stereocenters. The van der Waals surface area contributed by atoms with Crippen molar-refractivity contribution in [3.05, 3.63) is 0 Å². The predicted octanol–water partition coefficient (Wildman–Crippen LogP) is 6.73. The fourth-order valence-electron chi connectivity index (χ4n) is 9.91. The van der Waals surface area contributed by atoms with E-state index >= 15 is 0 Å². The van der Waals surface area contributed by atoms with Gasteiger partial charge in [-0.1, -0.05) is 20.8 Å². The Morgan fingerprint density at radius 3 is 2.21 bits per heavy atom. The van der Waals surface area contributed by atoms with Gasteiger partial charge in [-0.25, -0.2) is 0 Å². The molecule has 4 aliphatic rings. The Labute approximate surface area is 230 Å². The first-order valence-electron chi connectivity index (χ1n) is 15.2. The zero-order chi connectivity index (χ0) is 28.0. The zero-order valence-corrected chi connectivity index (χ0v) is 25.1. The van der Waals surface area contributed by atoms with E-state index in [9.17, 15) is 14.4 Å². The molecular formula is C32H52O6. The van der Waals surface area contributed by atoms with Crippen LogP contribution in [0.1, 0.15) is 113 Å². The van der Waals surface area contributed by atoms with Gasteiger partial charge in [0.2, 0.25) is 0 Å². The molecule has 4 aliphatic carbocycles. The van der Waals surface area contributed by atoms with Crippen molar-refractivity contribution in [3.8, 4) is 0 Å². The van der Waals surface area contributed by atoms with Crippen molar-refractivity contribution in [2.75, 3.05) is 7.11 Å². The number of carbonyl (C=O) groups is 3. The van der Waals surface area contributed by atoms with Crippen LogP contribution < -0.4 is 0 Å². The van der Waals surface area contributed by atoms with E-state index in [0.29, 0.717) is 36.0 Å². The number of rotatable bonds is 6. The van der Waals surface area contributed by atoms with Crippen LogP contribution in [0.3, 0.4) is 0 Å². The molecule has 4 saturated carbocycles. The van der Waals surface area contributed by atoms with E-state index < -0.39 is 5.60 Å². The van der Waals surface area contributed by atoms with Gasteiger partial charge in [-0.3, -0.25) is 14.4 Å². The van der Waals surface area contributed by atoms with Crippen molar-refractivity contribution in [3.63, 3.8) is 0 Å². The Kier molecular flexibility index (Phi) is 8.33. The third kappa shape index (κ3) is 5.52. The number of methoxy groups -OCH3 is 1. The molecular weight excluding hydrogens is 480 g/mol. The molecule has 0 N–H and O–H groups in total. The van der Waals surface area contributed by atoms with Crippen LogP contribution in [-0.4, -0.2) is 36.7 Å². The first-order valence-corrected chi connectivity index (χ1v) is 15.2. The average molecular weight is 533 g/mol. The van der Waals surface area contributed by atoms with Crippen molar-refractivity contribution in [1.82, 2.24) is 0 Å². The highest BCUT2D eigenvalue weighted by Gasteiger charge is 2.63. The molecule has 0 heterocycles. The summed E-state index contributed by atoms with van der Waals surface area (Å²) >= 11 is 0. The minimum Gasteiger partial charge on any atom is -0.469 e. The van der Waals surface area contributed by atoms with Crippen molar-refractivity contribution >= 4 is 17.9 Å². The van der Waals surface area contributed by atoms with Gasteiger partial charge in [0.25, 0.3) is 0 Å². The number of fused-ring (bicyclic) bond motifs is 5. The Morgan fingerprint density at radius 2 is 1.58 bits per heavy atom. The SMILES string of the molecule is COC(=O)C1CCC2(C)C(C1)C(OC(C)=O)CC1C3CCC(C(C)CCC(=O)OC(C)(C)C)C3(C)CCC12. The average Bonchev–Trinajstić information content (AvgIpc) is 3.18. The van der Waals surface area contributed by atoms with Gasteiger partial charge in [-0.05, 0) is 119 Å². The Bertz CT molecular complexity index is 906. The molecule has 0 aromatic rings. The van der Waals surface area contributed by atoms with Crippen molar-refractivity contribution in [2.45, 2.75) is 124 Å². The topological polar surface area (TPSA) is 78.9 Å². The molecule has 0 spiro atoms. The zero-order valence-electron chi connectivity index (χ0n) is 25.1. The molecule has 0 amide bonds. The summed E-state index contributed by atoms with van der Waals surface area (Å²) < 4.78 is 16.7. The standard InChI is InChI=1S/C32H52O6/c1-19(9-12-28(34)38-30(3,4)5)23-10-11-24-22-18-27(37-20(2)33)26-17-21(29(35)36-8)13-15-32(26,7)25(22)14-16-31(23,24)6/h19,21-27H,9-18H2,1-8H3. The van der Waals surface area contributed by atoms with E-state index in [-0.39, 0.29) is 46.7 Å². The van der Waals surface area contributed by atoms with Crippen LogP contribution in [0.4, 0.5) is 0 Å². The molecule has 6 nitrogen and oxygen atoms in total. The number of carbonyl (C=O) groups excluding carboxylic acids is 3. The lowest BCUT2D eigenvalue weighted by Crippen LogP contribution is -2.59. The fraction of sp³-hybridized carbons (Fsp3) is 0.906. The number of esters is 3. The summed E-state index contributed by atoms with van der Waals surface area (Å²) in [5.74, 6) is 2.52. The molecule has 6 heteroatoms. The first-order chi connectivity index (χ1) is 17.7. The summed E-state index contributed by atoms with van der Waals surface area (Å²) in [6, 6.07) is 0. The highest BCUT2D eigenvalue weighted by Crippen LogP contribution is 2.69. The largest absolute Gasteiger partial charge is 0.469 e. The smallest absolute Gasteiger partial charge is 0.308 e. The second-order valence-corrected chi connectivity index (χ2v) is 14.7. The van der Waals surface area contributed by atoms with Gasteiger partial charge in [0, 0.05) is 19.3 Å². The van der Waals surface area contributed by atoms with Crippen molar-refractivity contribution in [2.24, 2.45) is 52.3 Å². The van der Waals surface area contributed by atoms with Crippen molar-refractivity contribution < 1.29 is 28.6 Å². The second kappa shape index (κ2) is 10.8. The number of hydrogen-bond donors (Lipinski definition) is 0. The summed E-state index contributed by atoms with van der Waals surface area (Å²) in [7, 11) is 1.48. The third-order valence-corrected chi connectivity index (χ3v) is 11.5. The Hall–Kier alpha value is -1.59. The minimum atomic E-state index is -0.438. The van der Waals surface area contributed by atoms with Gasteiger partial charge in [-0.2, -0.15) is 0 Å². The summed E-state index contributed by atoms with van der Waals surface area (Å²) in [6.07, 6.45) is 9.62. The van der Waals surface area contributed by atoms with Gasteiger partial charge < -0.3 is 14.2 Å². The van der Waals surface area contributed by atoms with Crippen molar-refractivity contribution in [1.29, 1.82) is 0 Å². The Balaban J connectivity index is 1.51. The van der Waals surface area contributed by atoms with Gasteiger partial charge >= 0.3 is 17.9 Å². The quantitative estimate of drug-likeness (QED) is 0.279. The molecule has 0 saturated heterocycles. The molecule has 0 radical (unpaired) electrons. The van der Waals surface area contributed by atoms with Crippen LogP contribution in [0.5, 0.6) is 0 Å². The third-order valence-electron chi connectivity index (χ3n) is 11.5. The van der Waals surface area contributed by atoms with E-state index in [2.05, 4.69) is 20.8 Å². The maximum Gasteiger partial charge on any atom is 0.308 e. The molecule has 216 valence electrons. The summed E-state index contributed by atoms with van der Waals surface area (Å²) in [4.78, 5) is 37.1. The molecule has 10 atom stereocenters. The predicted molar refractivity (Wildman–Crippen MR) is 146 cm³/mol. The van der Waals surface area contributed by atoms with Crippen LogP contribution in [0.2, 0.25) is 0 Å². The lowest BCUT2D eigenvalue weighted by molar-refractivity contribution is -0.191. The van der Waals surface area contributed by atoms with E-state index in [1.165, 1.54) is 39.7 Å². The summed E-state index contributed by atoms with van der Waals surface area (Å²) in [5, 5.41) is 0. The minimum absolute atomic E-state index is 0.0787. The van der Waals surface area contributed by atoms with Crippen LogP contribution in [-0.2, 0) is 28.6 Å². The lowest BCUT2D eigenvalue weighted by Gasteiger charge is -2.62. The summed E-state index contributed by atoms with van der Waals surface area (Å²) in [5.41, 5.74) is -0.108. The molecule has 4 fully saturated rings. The van der Waals surface area contributed by atoms with Gasteiger partial charge in [0.15, 0.2) is 0 Å². The molecule has 0 aromatic heterocycles. The lowest BCUT2D eigenvalue weighted by atomic mass is 9.43. The van der Waals surface area contributed by atoms with E-state index in [1.54, 1.807) is 0 Å². The van der Waals surface area contributed by atoms with Crippen LogP contribution in [0.25, 0.3) is 0 Å². The number of ether oxygens (including phenoxy) is 3. The molecule has 0 bridgehead atoms. The molecule has 0 aromatic carbocycles. The summed E-state index contributed by atoms with van der Waals surface area (Å²) in [6.45, 7) is 14.6. The fourth-order valence-corrected chi connectivity index (χ4v) is 9.91. The van der Waals surface area contributed by atoms with E-state index in [1.807, 2.05) is 20.8 Å².